The van der Waals surface area contributed by atoms with E-state index in [4.69, 9.17) is 0 Å². The van der Waals surface area contributed by atoms with Gasteiger partial charge in [0.1, 0.15) is 10.1 Å². The molecule has 0 saturated heterocycles. The standard InChI is InChI=1S/C16H20O3S.Na/c1-10(2)13-7-5-6-12-8-14(11(3)4)16(9-15(12)13)20(17,18)19;/h5-11H,1-4H3,(H,17,18,19);/q;+1/p-1. The number of benzene rings is 2. The van der Waals surface area contributed by atoms with Crippen LogP contribution in [0.3, 0.4) is 0 Å². The predicted molar refractivity (Wildman–Crippen MR) is 80.1 cm³/mol. The van der Waals surface area contributed by atoms with Gasteiger partial charge in [0.15, 0.2) is 0 Å². The van der Waals surface area contributed by atoms with E-state index in [2.05, 4.69) is 13.8 Å². The van der Waals surface area contributed by atoms with Gasteiger partial charge in [0.05, 0.1) is 4.90 Å². The van der Waals surface area contributed by atoms with Crippen LogP contribution < -0.4 is 29.6 Å². The average Bonchev–Trinajstić information content (AvgIpc) is 2.35. The van der Waals surface area contributed by atoms with Crippen molar-refractivity contribution in [3.05, 3.63) is 41.5 Å². The van der Waals surface area contributed by atoms with Crippen LogP contribution >= 0.6 is 0 Å². The summed E-state index contributed by atoms with van der Waals surface area (Å²) in [6.45, 7) is 7.89. The van der Waals surface area contributed by atoms with Crippen molar-refractivity contribution < 1.29 is 42.5 Å². The van der Waals surface area contributed by atoms with Gasteiger partial charge in [0.25, 0.3) is 0 Å². The van der Waals surface area contributed by atoms with Crippen LogP contribution in [-0.2, 0) is 10.1 Å². The molecule has 0 amide bonds. The molecule has 0 bridgehead atoms. The molecule has 0 unspecified atom stereocenters. The molecular formula is C16H19NaO3S. The second-order valence-corrected chi connectivity index (χ2v) is 7.07. The minimum atomic E-state index is -4.46. The normalized spacial score (nSPS) is 12.0. The van der Waals surface area contributed by atoms with Gasteiger partial charge in [-0.2, -0.15) is 0 Å². The molecular weight excluding hydrogens is 295 g/mol. The van der Waals surface area contributed by atoms with Crippen molar-refractivity contribution in [3.63, 3.8) is 0 Å². The smallest absolute Gasteiger partial charge is 0.744 e. The monoisotopic (exact) mass is 314 g/mol. The largest absolute Gasteiger partial charge is 1.00 e. The first kappa shape index (κ1) is 18.7. The summed E-state index contributed by atoms with van der Waals surface area (Å²) in [5, 5.41) is 1.83. The Morgan fingerprint density at radius 3 is 2.00 bits per heavy atom. The van der Waals surface area contributed by atoms with Crippen molar-refractivity contribution in [3.8, 4) is 0 Å². The Labute approximate surface area is 148 Å². The molecule has 0 N–H and O–H groups in total. The molecule has 2 aromatic carbocycles. The van der Waals surface area contributed by atoms with Crippen LogP contribution in [0.4, 0.5) is 0 Å². The Morgan fingerprint density at radius 2 is 1.52 bits per heavy atom. The molecule has 2 rings (SSSR count). The van der Waals surface area contributed by atoms with Gasteiger partial charge >= 0.3 is 29.6 Å². The van der Waals surface area contributed by atoms with E-state index in [-0.39, 0.29) is 46.3 Å². The Bertz CT molecular complexity index is 749. The summed E-state index contributed by atoms with van der Waals surface area (Å²) in [6.07, 6.45) is 0. The van der Waals surface area contributed by atoms with E-state index in [9.17, 15) is 13.0 Å². The van der Waals surface area contributed by atoms with Crippen LogP contribution in [0, 0.1) is 0 Å². The number of fused-ring (bicyclic) bond motifs is 1. The fraction of sp³-hybridized carbons (Fsp3) is 0.375. The number of hydrogen-bond donors (Lipinski definition) is 0. The van der Waals surface area contributed by atoms with Crippen molar-refractivity contribution in [1.29, 1.82) is 0 Å². The maximum atomic E-state index is 11.5. The van der Waals surface area contributed by atoms with E-state index in [1.165, 1.54) is 0 Å². The second kappa shape index (κ2) is 6.80. The minimum Gasteiger partial charge on any atom is -0.744 e. The zero-order chi connectivity index (χ0) is 15.1. The Morgan fingerprint density at radius 1 is 0.952 bits per heavy atom. The third-order valence-corrected chi connectivity index (χ3v) is 4.45. The van der Waals surface area contributed by atoms with Gasteiger partial charge in [-0.3, -0.25) is 0 Å². The molecule has 0 saturated carbocycles. The first-order valence-corrected chi connectivity index (χ1v) is 8.15. The van der Waals surface area contributed by atoms with Gasteiger partial charge in [-0.15, -0.1) is 0 Å². The molecule has 0 aliphatic heterocycles. The van der Waals surface area contributed by atoms with Crippen molar-refractivity contribution in [2.24, 2.45) is 0 Å². The Balaban J connectivity index is 0.00000220. The van der Waals surface area contributed by atoms with Crippen molar-refractivity contribution in [1.82, 2.24) is 0 Å². The number of rotatable bonds is 3. The molecule has 0 aliphatic carbocycles. The molecule has 0 atom stereocenters. The fourth-order valence-corrected chi connectivity index (χ4v) is 3.36. The van der Waals surface area contributed by atoms with E-state index in [0.717, 1.165) is 16.3 Å². The van der Waals surface area contributed by atoms with Crippen LogP contribution in [-0.4, -0.2) is 13.0 Å². The topological polar surface area (TPSA) is 57.2 Å². The van der Waals surface area contributed by atoms with Gasteiger partial charge in [-0.25, -0.2) is 8.42 Å². The summed E-state index contributed by atoms with van der Waals surface area (Å²) < 4.78 is 34.6. The van der Waals surface area contributed by atoms with E-state index < -0.39 is 10.1 Å². The zero-order valence-corrected chi connectivity index (χ0v) is 16.0. The van der Waals surface area contributed by atoms with Gasteiger partial charge in [-0.1, -0.05) is 45.9 Å². The molecule has 0 aliphatic rings. The molecule has 0 heterocycles. The summed E-state index contributed by atoms with van der Waals surface area (Å²) in [6, 6.07) is 9.27. The first-order valence-electron chi connectivity index (χ1n) is 6.74. The summed E-state index contributed by atoms with van der Waals surface area (Å²) in [5.41, 5.74) is 1.65. The third-order valence-electron chi connectivity index (χ3n) is 3.56. The van der Waals surface area contributed by atoms with E-state index in [1.807, 2.05) is 38.1 Å². The third kappa shape index (κ3) is 3.88. The van der Waals surface area contributed by atoms with Crippen LogP contribution in [0.5, 0.6) is 0 Å². The van der Waals surface area contributed by atoms with E-state index in [0.29, 0.717) is 5.56 Å². The Kier molecular flexibility index (Phi) is 6.04. The summed E-state index contributed by atoms with van der Waals surface area (Å²) in [5.74, 6) is 0.256. The average molecular weight is 314 g/mol. The molecule has 0 spiro atoms. The maximum absolute atomic E-state index is 11.5. The van der Waals surface area contributed by atoms with Crippen LogP contribution in [0.25, 0.3) is 10.8 Å². The SMILES string of the molecule is CC(C)c1cc2cccc(C(C)C)c2cc1S(=O)(=O)[O-].[Na+]. The molecule has 3 nitrogen and oxygen atoms in total. The van der Waals surface area contributed by atoms with Gasteiger partial charge in [0, 0.05) is 0 Å². The molecule has 2 aromatic rings. The summed E-state index contributed by atoms with van der Waals surface area (Å²) in [4.78, 5) is -0.0897. The van der Waals surface area contributed by atoms with Crippen LogP contribution in [0.15, 0.2) is 35.2 Å². The zero-order valence-electron chi connectivity index (χ0n) is 13.2. The van der Waals surface area contributed by atoms with Crippen molar-refractivity contribution >= 4 is 20.9 Å². The molecule has 5 heteroatoms. The van der Waals surface area contributed by atoms with Crippen LogP contribution in [0.2, 0.25) is 0 Å². The van der Waals surface area contributed by atoms with Crippen molar-refractivity contribution in [2.45, 2.75) is 44.4 Å². The fourth-order valence-electron chi connectivity index (χ4n) is 2.52. The minimum absolute atomic E-state index is 0. The predicted octanol–water partition coefficient (Wildman–Crippen LogP) is 0.995. The Hall–Kier alpha value is -0.390. The molecule has 0 radical (unpaired) electrons. The quantitative estimate of drug-likeness (QED) is 0.627. The van der Waals surface area contributed by atoms with Gasteiger partial charge in [0.2, 0.25) is 0 Å². The summed E-state index contributed by atoms with van der Waals surface area (Å²) in [7, 11) is -4.46. The maximum Gasteiger partial charge on any atom is 1.00 e. The number of hydrogen-bond acceptors (Lipinski definition) is 3. The summed E-state index contributed by atoms with van der Waals surface area (Å²) >= 11 is 0. The van der Waals surface area contributed by atoms with E-state index >= 15 is 0 Å². The van der Waals surface area contributed by atoms with Crippen LogP contribution in [0.1, 0.15) is 50.7 Å². The van der Waals surface area contributed by atoms with E-state index in [1.54, 1.807) is 6.07 Å². The molecule has 21 heavy (non-hydrogen) atoms. The van der Waals surface area contributed by atoms with Gasteiger partial charge in [-0.05, 0) is 45.9 Å². The molecule has 108 valence electrons. The second-order valence-electron chi connectivity index (χ2n) is 5.72. The van der Waals surface area contributed by atoms with Crippen molar-refractivity contribution in [2.75, 3.05) is 0 Å². The molecule has 0 aromatic heterocycles. The molecule has 0 fully saturated rings. The first-order chi connectivity index (χ1) is 9.21. The van der Waals surface area contributed by atoms with Gasteiger partial charge < -0.3 is 4.55 Å².